The smallest absolute Gasteiger partial charge is 0.259 e. The highest BCUT2D eigenvalue weighted by Gasteiger charge is 2.20. The molecule has 0 radical (unpaired) electrons. The zero-order valence-electron chi connectivity index (χ0n) is 27.3. The number of nitrogens with one attached hydrogen (secondary N) is 1. The average molecular weight is 599 g/mol. The number of hydrogen-bond acceptors (Lipinski definition) is 7. The van der Waals surface area contributed by atoms with Crippen molar-refractivity contribution in [2.75, 3.05) is 48.8 Å². The van der Waals surface area contributed by atoms with E-state index in [-0.39, 0.29) is 11.4 Å². The Hall–Kier alpha value is -3.33. The van der Waals surface area contributed by atoms with Crippen LogP contribution in [0.1, 0.15) is 60.7 Å². The Bertz CT molecular complexity index is 1390. The number of thioether (sulfide) groups is 1. The summed E-state index contributed by atoms with van der Waals surface area (Å²) < 4.78 is 15.4. The largest absolute Gasteiger partial charge is 0.388 e. The van der Waals surface area contributed by atoms with Crippen LogP contribution in [-0.4, -0.2) is 53.5 Å². The number of rotatable bonds is 8. The van der Waals surface area contributed by atoms with Crippen molar-refractivity contribution < 1.29 is 4.39 Å². The van der Waals surface area contributed by atoms with E-state index in [1.54, 1.807) is 30.3 Å². The molecule has 1 aliphatic heterocycles. The van der Waals surface area contributed by atoms with Crippen LogP contribution in [0, 0.1) is 6.92 Å². The zero-order valence-corrected chi connectivity index (χ0v) is 28.2. The lowest BCUT2D eigenvalue weighted by Crippen LogP contribution is -2.51. The molecule has 0 spiro atoms. The SMILES string of the molecule is C/C=C\C(SC)=C(/C)NCC.C=c1c(=O)n(C)c(N2CCN(c3cnc(C)nc3)CC2)c/c1=C(C)/C=C(/F)CC.CC. The van der Waals surface area contributed by atoms with E-state index in [4.69, 9.17) is 0 Å². The van der Waals surface area contributed by atoms with Crippen LogP contribution in [0.2, 0.25) is 0 Å². The van der Waals surface area contributed by atoms with Gasteiger partial charge in [0, 0.05) is 55.6 Å². The molecule has 2 aromatic rings. The van der Waals surface area contributed by atoms with Crippen LogP contribution < -0.4 is 31.1 Å². The zero-order chi connectivity index (χ0) is 31.8. The second kappa shape index (κ2) is 19.0. The molecular formula is C33H51FN6OS. The molecule has 0 aliphatic carbocycles. The lowest BCUT2D eigenvalue weighted by molar-refractivity contribution is 0.605. The second-order valence-electron chi connectivity index (χ2n) is 9.57. The van der Waals surface area contributed by atoms with Gasteiger partial charge in [0.15, 0.2) is 0 Å². The number of allylic oxidation sites excluding steroid dienone is 5. The van der Waals surface area contributed by atoms with Gasteiger partial charge in [-0.15, -0.1) is 11.8 Å². The van der Waals surface area contributed by atoms with Gasteiger partial charge in [-0.05, 0) is 70.2 Å². The van der Waals surface area contributed by atoms with Crippen LogP contribution >= 0.6 is 11.8 Å². The topological polar surface area (TPSA) is 66.3 Å². The molecular weight excluding hydrogens is 547 g/mol. The minimum absolute atomic E-state index is 0.156. The lowest BCUT2D eigenvalue weighted by atomic mass is 10.1. The summed E-state index contributed by atoms with van der Waals surface area (Å²) in [4.78, 5) is 27.0. The highest BCUT2D eigenvalue weighted by molar-refractivity contribution is 8.02. The van der Waals surface area contributed by atoms with E-state index in [0.29, 0.717) is 22.4 Å². The Balaban J connectivity index is 0.000000574. The van der Waals surface area contributed by atoms with Gasteiger partial charge in [-0.2, -0.15) is 0 Å². The second-order valence-corrected chi connectivity index (χ2v) is 10.4. The average Bonchev–Trinajstić information content (AvgIpc) is 3.00. The van der Waals surface area contributed by atoms with Gasteiger partial charge in [0.25, 0.3) is 5.56 Å². The maximum absolute atomic E-state index is 13.8. The van der Waals surface area contributed by atoms with Crippen LogP contribution in [0.15, 0.2) is 57.9 Å². The number of nitrogens with zero attached hydrogens (tertiary/aromatic N) is 5. The van der Waals surface area contributed by atoms with Gasteiger partial charge in [-0.25, -0.2) is 14.4 Å². The van der Waals surface area contributed by atoms with Crippen molar-refractivity contribution in [3.63, 3.8) is 0 Å². The highest BCUT2D eigenvalue weighted by atomic mass is 32.2. The minimum Gasteiger partial charge on any atom is -0.388 e. The van der Waals surface area contributed by atoms with E-state index in [0.717, 1.165) is 50.1 Å². The predicted molar refractivity (Wildman–Crippen MR) is 182 cm³/mol. The third-order valence-corrected chi connectivity index (χ3v) is 7.61. The summed E-state index contributed by atoms with van der Waals surface area (Å²) >= 11 is 1.77. The molecule has 9 heteroatoms. The molecule has 1 fully saturated rings. The molecule has 0 unspecified atom stereocenters. The van der Waals surface area contributed by atoms with E-state index in [1.807, 2.05) is 53.1 Å². The number of aryl methyl sites for hydroxylation is 1. The summed E-state index contributed by atoms with van der Waals surface area (Å²) in [6, 6.07) is 1.95. The molecule has 3 heterocycles. The summed E-state index contributed by atoms with van der Waals surface area (Å²) in [5.74, 6) is 1.36. The fourth-order valence-corrected chi connectivity index (χ4v) is 5.05. The van der Waals surface area contributed by atoms with Gasteiger partial charge in [0.05, 0.1) is 23.9 Å². The Morgan fingerprint density at radius 3 is 2.19 bits per heavy atom. The van der Waals surface area contributed by atoms with Gasteiger partial charge in [-0.3, -0.25) is 9.36 Å². The molecule has 0 saturated carbocycles. The Morgan fingerprint density at radius 1 is 1.12 bits per heavy atom. The monoisotopic (exact) mass is 598 g/mol. The molecule has 7 nitrogen and oxygen atoms in total. The molecule has 42 heavy (non-hydrogen) atoms. The van der Waals surface area contributed by atoms with Crippen LogP contribution in [0.25, 0.3) is 12.2 Å². The first kappa shape index (κ1) is 36.7. The predicted octanol–water partition coefficient (Wildman–Crippen LogP) is 5.45. The maximum atomic E-state index is 13.8. The summed E-state index contributed by atoms with van der Waals surface area (Å²) in [7, 11) is 1.76. The van der Waals surface area contributed by atoms with Crippen LogP contribution in [-0.2, 0) is 7.05 Å². The van der Waals surface area contributed by atoms with Crippen molar-refractivity contribution in [2.45, 2.75) is 61.8 Å². The highest BCUT2D eigenvalue weighted by Crippen LogP contribution is 2.18. The van der Waals surface area contributed by atoms with Gasteiger partial charge < -0.3 is 15.1 Å². The van der Waals surface area contributed by atoms with Crippen molar-refractivity contribution >= 4 is 35.4 Å². The Morgan fingerprint density at radius 2 is 1.69 bits per heavy atom. The van der Waals surface area contributed by atoms with E-state index in [9.17, 15) is 9.18 Å². The van der Waals surface area contributed by atoms with E-state index in [1.165, 1.54) is 16.7 Å². The number of pyridine rings is 1. The molecule has 1 saturated heterocycles. The summed E-state index contributed by atoms with van der Waals surface area (Å²) in [6.45, 7) is 23.7. The molecule has 2 aromatic heterocycles. The number of anilines is 2. The van der Waals surface area contributed by atoms with Crippen molar-refractivity contribution in [1.82, 2.24) is 19.9 Å². The first-order chi connectivity index (χ1) is 20.1. The quantitative estimate of drug-likeness (QED) is 0.406. The molecule has 1 aliphatic rings. The molecule has 0 aromatic carbocycles. The number of hydrogen-bond donors (Lipinski definition) is 1. The fourth-order valence-electron chi connectivity index (χ4n) is 4.40. The summed E-state index contributed by atoms with van der Waals surface area (Å²) in [6.07, 6.45) is 11.8. The van der Waals surface area contributed by atoms with Crippen LogP contribution in [0.4, 0.5) is 15.9 Å². The van der Waals surface area contributed by atoms with Gasteiger partial charge in [-0.1, -0.05) is 39.5 Å². The van der Waals surface area contributed by atoms with Crippen molar-refractivity contribution in [1.29, 1.82) is 0 Å². The number of piperazine rings is 1. The third kappa shape index (κ3) is 10.5. The Labute approximate surface area is 256 Å². The maximum Gasteiger partial charge on any atom is 0.259 e. The van der Waals surface area contributed by atoms with Gasteiger partial charge in [0.1, 0.15) is 11.6 Å². The first-order valence-corrected chi connectivity index (χ1v) is 16.0. The van der Waals surface area contributed by atoms with Gasteiger partial charge >= 0.3 is 0 Å². The molecule has 3 rings (SSSR count). The van der Waals surface area contributed by atoms with Crippen molar-refractivity contribution in [3.8, 4) is 0 Å². The van der Waals surface area contributed by atoms with Crippen LogP contribution in [0.3, 0.4) is 0 Å². The minimum atomic E-state index is -0.210. The summed E-state index contributed by atoms with van der Waals surface area (Å²) in [5.41, 5.74) is 2.82. The lowest BCUT2D eigenvalue weighted by Gasteiger charge is -2.37. The first-order valence-electron chi connectivity index (χ1n) is 14.7. The summed E-state index contributed by atoms with van der Waals surface area (Å²) in [5, 5.41) is 4.38. The fraction of sp³-hybridized carbons (Fsp3) is 0.485. The third-order valence-electron chi connectivity index (χ3n) is 6.73. The normalized spacial score (nSPS) is 14.9. The van der Waals surface area contributed by atoms with Crippen molar-refractivity contribution in [2.24, 2.45) is 7.05 Å². The number of halogens is 1. The van der Waals surface area contributed by atoms with E-state index >= 15 is 0 Å². The molecule has 232 valence electrons. The Kier molecular flexibility index (Phi) is 16.6. The molecule has 0 atom stereocenters. The molecule has 0 bridgehead atoms. The standard InChI is InChI=1S/C22H28FN5O.C9H17NS.C2H6/c1-6-18(23)11-15(2)20-12-21(26(5)22(29)16(20)3)28-9-7-27(8-10-28)19-13-24-17(4)25-14-19;1-5-7-9(11-4)8(3)10-6-2;1-2/h11-14H,3,6-10H2,1-2,4-5H3;5,7,10H,6H2,1-4H3;1-2H3/b18-11+,20-15-;7-5-,9-8-;. The molecule has 0 amide bonds. The van der Waals surface area contributed by atoms with E-state index < -0.39 is 0 Å². The molecule has 1 N–H and O–H groups in total. The van der Waals surface area contributed by atoms with E-state index in [2.05, 4.69) is 63.9 Å². The number of aromatic nitrogens is 3. The van der Waals surface area contributed by atoms with Crippen LogP contribution in [0.5, 0.6) is 0 Å². The van der Waals surface area contributed by atoms with Crippen molar-refractivity contribution in [3.05, 3.63) is 79.7 Å². The van der Waals surface area contributed by atoms with Gasteiger partial charge in [0.2, 0.25) is 0 Å².